The zero-order valence-electron chi connectivity index (χ0n) is 19.3. The summed E-state index contributed by atoms with van der Waals surface area (Å²) in [6.07, 6.45) is -0.215. The normalized spacial score (nSPS) is 14.4. The Bertz CT molecular complexity index is 1230. The van der Waals surface area contributed by atoms with Crippen molar-refractivity contribution < 1.29 is 27.5 Å². The average Bonchev–Trinajstić information content (AvgIpc) is 3.20. The molecule has 0 aliphatic carbocycles. The highest BCUT2D eigenvalue weighted by atomic mass is 32.1. The van der Waals surface area contributed by atoms with Crippen LogP contribution in [0.15, 0.2) is 30.7 Å². The smallest absolute Gasteiger partial charge is 0.434 e. The van der Waals surface area contributed by atoms with Crippen LogP contribution in [-0.4, -0.2) is 55.2 Å². The summed E-state index contributed by atoms with van der Waals surface area (Å²) in [7, 11) is 0. The second kappa shape index (κ2) is 10.4. The lowest BCUT2D eigenvalue weighted by Crippen LogP contribution is -2.40. The Morgan fingerprint density at radius 3 is 2.44 bits per heavy atom. The van der Waals surface area contributed by atoms with E-state index in [4.69, 9.17) is 4.74 Å². The van der Waals surface area contributed by atoms with Gasteiger partial charge in [-0.15, -0.1) is 0 Å². The van der Waals surface area contributed by atoms with E-state index >= 15 is 0 Å². The van der Waals surface area contributed by atoms with E-state index in [9.17, 15) is 22.8 Å². The van der Waals surface area contributed by atoms with Crippen LogP contribution >= 0.6 is 11.5 Å². The molecular formula is C22H22F3N7O3S. The van der Waals surface area contributed by atoms with Gasteiger partial charge in [-0.1, -0.05) is 0 Å². The van der Waals surface area contributed by atoms with Crippen molar-refractivity contribution in [1.29, 1.82) is 0 Å². The van der Waals surface area contributed by atoms with Gasteiger partial charge in [-0.3, -0.25) is 9.59 Å². The number of amides is 2. The van der Waals surface area contributed by atoms with Gasteiger partial charge in [0.1, 0.15) is 16.9 Å². The zero-order chi connectivity index (χ0) is 25.9. The zero-order valence-corrected chi connectivity index (χ0v) is 20.1. The van der Waals surface area contributed by atoms with Crippen LogP contribution in [-0.2, 0) is 11.0 Å². The molecule has 14 heteroatoms. The van der Waals surface area contributed by atoms with Crippen molar-refractivity contribution >= 4 is 39.9 Å². The number of hydrogen-bond donors (Lipinski definition) is 2. The van der Waals surface area contributed by atoms with Crippen molar-refractivity contribution in [3.63, 3.8) is 0 Å². The molecule has 1 saturated heterocycles. The number of ether oxygens (including phenoxy) is 1. The summed E-state index contributed by atoms with van der Waals surface area (Å²) in [5, 5.41) is 5.84. The maximum Gasteiger partial charge on any atom is 0.434 e. The summed E-state index contributed by atoms with van der Waals surface area (Å²) in [6.45, 7) is 4.46. The van der Waals surface area contributed by atoms with Gasteiger partial charge in [0, 0.05) is 38.9 Å². The summed E-state index contributed by atoms with van der Waals surface area (Å²) < 4.78 is 48.1. The molecule has 1 fully saturated rings. The lowest BCUT2D eigenvalue weighted by molar-refractivity contribution is -0.141. The van der Waals surface area contributed by atoms with Gasteiger partial charge in [0.15, 0.2) is 5.69 Å². The van der Waals surface area contributed by atoms with E-state index in [0.29, 0.717) is 54.4 Å². The number of carbonyl (C=O) groups excluding carboxylic acids is 2. The van der Waals surface area contributed by atoms with E-state index < -0.39 is 17.8 Å². The van der Waals surface area contributed by atoms with Crippen LogP contribution in [0.25, 0.3) is 0 Å². The number of aryl methyl sites for hydroxylation is 1. The predicted molar refractivity (Wildman–Crippen MR) is 125 cm³/mol. The van der Waals surface area contributed by atoms with E-state index in [2.05, 4.69) is 30.0 Å². The first-order chi connectivity index (χ1) is 17.1. The van der Waals surface area contributed by atoms with E-state index in [1.54, 1.807) is 30.9 Å². The van der Waals surface area contributed by atoms with Gasteiger partial charge in [0.05, 0.1) is 35.5 Å². The van der Waals surface area contributed by atoms with E-state index in [1.165, 1.54) is 6.20 Å². The van der Waals surface area contributed by atoms with Crippen LogP contribution < -0.4 is 15.4 Å². The van der Waals surface area contributed by atoms with Crippen LogP contribution in [0.2, 0.25) is 0 Å². The number of piperidine rings is 1. The van der Waals surface area contributed by atoms with Crippen LogP contribution in [0, 0.1) is 6.92 Å². The Morgan fingerprint density at radius 1 is 1.11 bits per heavy atom. The standard InChI is InChI=1S/C22H22F3N7O3S/c1-12-19(21(36-31-12)30-17-11-26-16(10-27-17)22(23,24)25)20(34)29-14-3-4-18(28-9-14)35-15-5-7-32(8-6-15)13(2)33/h3-4,9-11,15H,5-8H2,1-2H3,(H,27,30)(H,29,34). The number of nitrogens with zero attached hydrogens (tertiary/aromatic N) is 5. The quantitative estimate of drug-likeness (QED) is 0.499. The van der Waals surface area contributed by atoms with E-state index in [1.807, 2.05) is 0 Å². The molecular weight excluding hydrogens is 499 g/mol. The van der Waals surface area contributed by atoms with Crippen LogP contribution in [0.5, 0.6) is 5.88 Å². The van der Waals surface area contributed by atoms with Crippen molar-refractivity contribution in [2.24, 2.45) is 0 Å². The SMILES string of the molecule is CC(=O)N1CCC(Oc2ccc(NC(=O)c3c(C)nsc3Nc3cnc(C(F)(F)F)cn3)cn2)CC1. The third-order valence-corrected chi connectivity index (χ3v) is 6.30. The van der Waals surface area contributed by atoms with Crippen LogP contribution in [0.1, 0.15) is 41.5 Å². The average molecular weight is 522 g/mol. The van der Waals surface area contributed by atoms with Gasteiger partial charge in [-0.25, -0.2) is 15.0 Å². The fraction of sp³-hybridized carbons (Fsp3) is 0.364. The highest BCUT2D eigenvalue weighted by Crippen LogP contribution is 2.30. The fourth-order valence-electron chi connectivity index (χ4n) is 3.55. The molecule has 4 heterocycles. The Hall–Kier alpha value is -3.81. The number of anilines is 3. The lowest BCUT2D eigenvalue weighted by Gasteiger charge is -2.31. The molecule has 0 bridgehead atoms. The fourth-order valence-corrected chi connectivity index (χ4v) is 4.36. The minimum Gasteiger partial charge on any atom is -0.474 e. The van der Waals surface area contributed by atoms with Gasteiger partial charge >= 0.3 is 6.18 Å². The second-order valence-corrected chi connectivity index (χ2v) is 8.82. The predicted octanol–water partition coefficient (Wildman–Crippen LogP) is 4.04. The van der Waals surface area contributed by atoms with Crippen LogP contribution in [0.3, 0.4) is 0 Å². The van der Waals surface area contributed by atoms with Crippen molar-refractivity contribution in [1.82, 2.24) is 24.2 Å². The van der Waals surface area contributed by atoms with Crippen LogP contribution in [0.4, 0.5) is 29.7 Å². The van der Waals surface area contributed by atoms with Crippen molar-refractivity contribution in [2.75, 3.05) is 23.7 Å². The number of aromatic nitrogens is 4. The minimum absolute atomic E-state index is 0.0398. The summed E-state index contributed by atoms with van der Waals surface area (Å²) in [5.74, 6) is 0.0213. The number of pyridine rings is 1. The van der Waals surface area contributed by atoms with Gasteiger partial charge in [-0.2, -0.15) is 17.5 Å². The number of likely N-dealkylation sites (tertiary alicyclic amines) is 1. The largest absolute Gasteiger partial charge is 0.474 e. The van der Waals surface area contributed by atoms with Gasteiger partial charge < -0.3 is 20.3 Å². The Morgan fingerprint density at radius 2 is 1.86 bits per heavy atom. The van der Waals surface area contributed by atoms with E-state index in [0.717, 1.165) is 17.7 Å². The third kappa shape index (κ3) is 6.05. The van der Waals surface area contributed by atoms with E-state index in [-0.39, 0.29) is 23.4 Å². The molecule has 3 aromatic rings. The highest BCUT2D eigenvalue weighted by Gasteiger charge is 2.33. The van der Waals surface area contributed by atoms with Crippen molar-refractivity contribution in [3.8, 4) is 5.88 Å². The number of hydrogen-bond acceptors (Lipinski definition) is 9. The number of halogens is 3. The molecule has 4 rings (SSSR count). The molecule has 0 radical (unpaired) electrons. The first kappa shape index (κ1) is 25.3. The molecule has 1 aliphatic rings. The molecule has 3 aromatic heterocycles. The molecule has 1 aliphatic heterocycles. The van der Waals surface area contributed by atoms with Gasteiger partial charge in [-0.05, 0) is 24.5 Å². The highest BCUT2D eigenvalue weighted by molar-refractivity contribution is 7.10. The topological polar surface area (TPSA) is 122 Å². The summed E-state index contributed by atoms with van der Waals surface area (Å²) >= 11 is 0.971. The Kier molecular flexibility index (Phi) is 7.33. The Balaban J connectivity index is 1.37. The number of rotatable bonds is 6. The molecule has 0 spiro atoms. The molecule has 0 saturated carbocycles. The number of nitrogens with one attached hydrogen (secondary N) is 2. The monoisotopic (exact) mass is 521 g/mol. The maximum absolute atomic E-state index is 12.9. The number of alkyl halides is 3. The summed E-state index contributed by atoms with van der Waals surface area (Å²) in [6, 6.07) is 3.29. The second-order valence-electron chi connectivity index (χ2n) is 8.04. The molecule has 2 amide bonds. The molecule has 0 atom stereocenters. The van der Waals surface area contributed by atoms with Gasteiger partial charge in [0.2, 0.25) is 11.8 Å². The molecule has 0 aromatic carbocycles. The first-order valence-corrected chi connectivity index (χ1v) is 11.7. The maximum atomic E-state index is 12.9. The molecule has 10 nitrogen and oxygen atoms in total. The number of carbonyl (C=O) groups is 2. The third-order valence-electron chi connectivity index (χ3n) is 5.44. The summed E-state index contributed by atoms with van der Waals surface area (Å²) in [4.78, 5) is 37.5. The van der Waals surface area contributed by atoms with Crippen molar-refractivity contribution in [3.05, 3.63) is 47.7 Å². The van der Waals surface area contributed by atoms with Crippen molar-refractivity contribution in [2.45, 2.75) is 39.0 Å². The molecule has 190 valence electrons. The Labute approximate surface area is 208 Å². The molecule has 0 unspecified atom stereocenters. The van der Waals surface area contributed by atoms with Gasteiger partial charge in [0.25, 0.3) is 5.91 Å². The molecule has 36 heavy (non-hydrogen) atoms. The lowest BCUT2D eigenvalue weighted by atomic mass is 10.1. The minimum atomic E-state index is -4.60. The first-order valence-electron chi connectivity index (χ1n) is 10.9. The summed E-state index contributed by atoms with van der Waals surface area (Å²) in [5.41, 5.74) is -0.0403. The molecule has 2 N–H and O–H groups in total.